The first-order chi connectivity index (χ1) is 9.33. The molecule has 0 aliphatic carbocycles. The summed E-state index contributed by atoms with van der Waals surface area (Å²) in [6, 6.07) is 8.71. The standard InChI is InChI=1S/C16H25NO2/c1-2-3-11-19-16-8-6-14(7-9-16)12-17-10-4-5-15(17)13-18/h6-9,15,18H,2-5,10-13H2,1H3/t15-/m1/s1. The third kappa shape index (κ3) is 4.22. The summed E-state index contributed by atoms with van der Waals surface area (Å²) in [7, 11) is 0. The molecule has 1 aliphatic heterocycles. The lowest BCUT2D eigenvalue weighted by Crippen LogP contribution is -2.31. The van der Waals surface area contributed by atoms with Crippen molar-refractivity contribution in [1.82, 2.24) is 4.90 Å². The third-order valence-electron chi connectivity index (χ3n) is 3.79. The van der Waals surface area contributed by atoms with Gasteiger partial charge in [0.2, 0.25) is 0 Å². The zero-order chi connectivity index (χ0) is 13.5. The molecule has 3 heteroatoms. The molecule has 0 radical (unpaired) electrons. The summed E-state index contributed by atoms with van der Waals surface area (Å²) in [5.74, 6) is 0.956. The van der Waals surface area contributed by atoms with Crippen LogP contribution in [0.2, 0.25) is 0 Å². The third-order valence-corrected chi connectivity index (χ3v) is 3.79. The zero-order valence-electron chi connectivity index (χ0n) is 11.8. The molecule has 1 aromatic rings. The highest BCUT2D eigenvalue weighted by atomic mass is 16.5. The Hall–Kier alpha value is -1.06. The van der Waals surface area contributed by atoms with Gasteiger partial charge in [-0.3, -0.25) is 4.90 Å². The lowest BCUT2D eigenvalue weighted by Gasteiger charge is -2.22. The minimum absolute atomic E-state index is 0.276. The molecule has 0 unspecified atom stereocenters. The fourth-order valence-corrected chi connectivity index (χ4v) is 2.57. The van der Waals surface area contributed by atoms with Crippen LogP contribution in [0.15, 0.2) is 24.3 Å². The number of unbranched alkanes of at least 4 members (excludes halogenated alkanes) is 1. The van der Waals surface area contributed by atoms with Crippen molar-refractivity contribution in [3.63, 3.8) is 0 Å². The number of ether oxygens (including phenoxy) is 1. The Morgan fingerprint density at radius 2 is 2.11 bits per heavy atom. The van der Waals surface area contributed by atoms with E-state index in [2.05, 4.69) is 36.1 Å². The summed E-state index contributed by atoms with van der Waals surface area (Å²) >= 11 is 0. The highest BCUT2D eigenvalue weighted by Crippen LogP contribution is 2.21. The summed E-state index contributed by atoms with van der Waals surface area (Å²) in [5.41, 5.74) is 1.29. The maximum absolute atomic E-state index is 9.32. The van der Waals surface area contributed by atoms with Crippen molar-refractivity contribution in [2.75, 3.05) is 19.8 Å². The molecule has 1 saturated heterocycles. The van der Waals surface area contributed by atoms with Gasteiger partial charge in [-0.25, -0.2) is 0 Å². The average Bonchev–Trinajstić information content (AvgIpc) is 2.88. The Labute approximate surface area is 116 Å². The molecule has 1 fully saturated rings. The average molecular weight is 263 g/mol. The highest BCUT2D eigenvalue weighted by Gasteiger charge is 2.23. The van der Waals surface area contributed by atoms with Gasteiger partial charge in [-0.15, -0.1) is 0 Å². The molecule has 0 amide bonds. The Balaban J connectivity index is 1.84. The van der Waals surface area contributed by atoms with Crippen LogP contribution in [0.1, 0.15) is 38.2 Å². The summed E-state index contributed by atoms with van der Waals surface area (Å²) in [4.78, 5) is 2.37. The molecule has 0 spiro atoms. The molecule has 0 bridgehead atoms. The second-order valence-electron chi connectivity index (χ2n) is 5.30. The van der Waals surface area contributed by atoms with Crippen molar-refractivity contribution in [3.8, 4) is 5.75 Å². The first kappa shape index (κ1) is 14.4. The molecule has 2 rings (SSSR count). The molecule has 1 heterocycles. The molecular weight excluding hydrogens is 238 g/mol. The van der Waals surface area contributed by atoms with Gasteiger partial charge in [0.15, 0.2) is 0 Å². The number of aliphatic hydroxyl groups excluding tert-OH is 1. The normalized spacial score (nSPS) is 19.8. The smallest absolute Gasteiger partial charge is 0.119 e. The zero-order valence-corrected chi connectivity index (χ0v) is 11.8. The largest absolute Gasteiger partial charge is 0.494 e. The molecule has 1 aromatic carbocycles. The number of hydrogen-bond acceptors (Lipinski definition) is 3. The van der Waals surface area contributed by atoms with Crippen LogP contribution in [0.5, 0.6) is 5.75 Å². The lowest BCUT2D eigenvalue weighted by atomic mass is 10.2. The predicted octanol–water partition coefficient (Wildman–Crippen LogP) is 2.82. The minimum atomic E-state index is 0.276. The van der Waals surface area contributed by atoms with Crippen LogP contribution in [0, 0.1) is 0 Å². The van der Waals surface area contributed by atoms with Gasteiger partial charge in [-0.2, -0.15) is 0 Å². The number of hydrogen-bond donors (Lipinski definition) is 1. The van der Waals surface area contributed by atoms with Crippen molar-refractivity contribution in [1.29, 1.82) is 0 Å². The molecule has 3 nitrogen and oxygen atoms in total. The molecule has 1 aliphatic rings. The monoisotopic (exact) mass is 263 g/mol. The lowest BCUT2D eigenvalue weighted by molar-refractivity contribution is 0.153. The topological polar surface area (TPSA) is 32.7 Å². The van der Waals surface area contributed by atoms with E-state index < -0.39 is 0 Å². The van der Waals surface area contributed by atoms with Crippen LogP contribution >= 0.6 is 0 Å². The van der Waals surface area contributed by atoms with Crippen LogP contribution in [0.25, 0.3) is 0 Å². The van der Waals surface area contributed by atoms with Gasteiger partial charge in [-0.05, 0) is 43.5 Å². The maximum Gasteiger partial charge on any atom is 0.119 e. The van der Waals surface area contributed by atoms with E-state index in [1.165, 1.54) is 12.0 Å². The van der Waals surface area contributed by atoms with Gasteiger partial charge in [0.05, 0.1) is 13.2 Å². The van der Waals surface area contributed by atoms with Gasteiger partial charge in [0.1, 0.15) is 5.75 Å². The van der Waals surface area contributed by atoms with Gasteiger partial charge in [0, 0.05) is 12.6 Å². The second-order valence-corrected chi connectivity index (χ2v) is 5.30. The van der Waals surface area contributed by atoms with E-state index in [0.717, 1.165) is 44.7 Å². The summed E-state index contributed by atoms with van der Waals surface area (Å²) in [5, 5.41) is 9.32. The molecular formula is C16H25NO2. The number of likely N-dealkylation sites (tertiary alicyclic amines) is 1. The van der Waals surface area contributed by atoms with E-state index in [9.17, 15) is 5.11 Å². The van der Waals surface area contributed by atoms with Crippen molar-refractivity contribution in [2.45, 2.75) is 45.2 Å². The number of rotatable bonds is 7. The van der Waals surface area contributed by atoms with E-state index in [-0.39, 0.29) is 6.61 Å². The van der Waals surface area contributed by atoms with Crippen LogP contribution in [0.4, 0.5) is 0 Å². The first-order valence-corrected chi connectivity index (χ1v) is 7.40. The van der Waals surface area contributed by atoms with Crippen molar-refractivity contribution >= 4 is 0 Å². The highest BCUT2D eigenvalue weighted by molar-refractivity contribution is 5.27. The molecule has 1 N–H and O–H groups in total. The summed E-state index contributed by atoms with van der Waals surface area (Å²) < 4.78 is 5.66. The fourth-order valence-electron chi connectivity index (χ4n) is 2.57. The Morgan fingerprint density at radius 1 is 1.32 bits per heavy atom. The van der Waals surface area contributed by atoms with E-state index in [1.807, 2.05) is 0 Å². The van der Waals surface area contributed by atoms with Crippen LogP contribution in [-0.2, 0) is 6.54 Å². The van der Waals surface area contributed by atoms with Crippen LogP contribution < -0.4 is 4.74 Å². The Bertz CT molecular complexity index is 364. The van der Waals surface area contributed by atoms with E-state index in [0.29, 0.717) is 6.04 Å². The quantitative estimate of drug-likeness (QED) is 0.768. The van der Waals surface area contributed by atoms with E-state index in [1.54, 1.807) is 0 Å². The number of aliphatic hydroxyl groups is 1. The first-order valence-electron chi connectivity index (χ1n) is 7.40. The van der Waals surface area contributed by atoms with Gasteiger partial charge >= 0.3 is 0 Å². The maximum atomic E-state index is 9.32. The van der Waals surface area contributed by atoms with Crippen molar-refractivity contribution in [2.24, 2.45) is 0 Å². The Morgan fingerprint density at radius 3 is 2.79 bits per heavy atom. The number of nitrogens with zero attached hydrogens (tertiary/aromatic N) is 1. The molecule has 1 atom stereocenters. The molecule has 0 saturated carbocycles. The predicted molar refractivity (Wildman–Crippen MR) is 77.4 cm³/mol. The molecule has 106 valence electrons. The van der Waals surface area contributed by atoms with Crippen LogP contribution in [0.3, 0.4) is 0 Å². The SMILES string of the molecule is CCCCOc1ccc(CN2CCC[C@@H]2CO)cc1. The molecule has 19 heavy (non-hydrogen) atoms. The van der Waals surface area contributed by atoms with Gasteiger partial charge in [-0.1, -0.05) is 25.5 Å². The summed E-state index contributed by atoms with van der Waals surface area (Å²) in [6.45, 7) is 5.27. The Kier molecular flexibility index (Phi) is 5.67. The van der Waals surface area contributed by atoms with Gasteiger partial charge in [0.25, 0.3) is 0 Å². The van der Waals surface area contributed by atoms with Crippen LogP contribution in [-0.4, -0.2) is 35.8 Å². The fraction of sp³-hybridized carbons (Fsp3) is 0.625. The summed E-state index contributed by atoms with van der Waals surface area (Å²) in [6.07, 6.45) is 4.58. The number of benzene rings is 1. The second kappa shape index (κ2) is 7.51. The van der Waals surface area contributed by atoms with E-state index >= 15 is 0 Å². The van der Waals surface area contributed by atoms with Crippen molar-refractivity contribution in [3.05, 3.63) is 29.8 Å². The minimum Gasteiger partial charge on any atom is -0.494 e. The molecule has 0 aromatic heterocycles. The van der Waals surface area contributed by atoms with Gasteiger partial charge < -0.3 is 9.84 Å². The van der Waals surface area contributed by atoms with Crippen molar-refractivity contribution < 1.29 is 9.84 Å². The van der Waals surface area contributed by atoms with E-state index in [4.69, 9.17) is 4.74 Å².